The molecule has 9 heteroatoms. The van der Waals surface area contributed by atoms with Crippen molar-refractivity contribution in [3.8, 4) is 22.4 Å². The summed E-state index contributed by atoms with van der Waals surface area (Å²) in [6.07, 6.45) is 4.21. The smallest absolute Gasteiger partial charge is 0.410 e. The Kier molecular flexibility index (Phi) is 8.34. The maximum absolute atomic E-state index is 16.2. The fourth-order valence-electron chi connectivity index (χ4n) is 6.24. The van der Waals surface area contributed by atoms with Crippen LogP contribution in [0.15, 0.2) is 85.2 Å². The number of halogens is 1. The summed E-state index contributed by atoms with van der Waals surface area (Å²) in [6, 6.07) is 21.8. The van der Waals surface area contributed by atoms with Crippen molar-refractivity contribution < 1.29 is 18.7 Å². The first-order valence-electron chi connectivity index (χ1n) is 15.5. The first kappa shape index (κ1) is 31.0. The Hall–Kier alpha value is -5.05. The Morgan fingerprint density at radius 2 is 1.78 bits per heavy atom. The van der Waals surface area contributed by atoms with Crippen molar-refractivity contribution in [2.45, 2.75) is 52.2 Å². The monoisotopic (exact) mass is 619 g/mol. The van der Waals surface area contributed by atoms with Crippen molar-refractivity contribution in [3.63, 3.8) is 0 Å². The van der Waals surface area contributed by atoms with Crippen LogP contribution in [0.4, 0.5) is 15.0 Å². The first-order chi connectivity index (χ1) is 22.0. The number of hydrogen-bond donors (Lipinski definition) is 0. The highest BCUT2D eigenvalue weighted by Crippen LogP contribution is 2.35. The first-order valence-corrected chi connectivity index (χ1v) is 15.5. The molecule has 0 radical (unpaired) electrons. The molecule has 2 amide bonds. The van der Waals surface area contributed by atoms with Crippen molar-refractivity contribution in [3.05, 3.63) is 102 Å². The standard InChI is InChI=1S/C37H38FN5O3/c1-24-11-9-14-25-18-19-39-34(32(24)25)43(28-15-10-20-42(23-28)36(45)46-37(2,3)4)35(44)29-17-16-27(21-31(29)38)30-22-40-41(5)33(30)26-12-7-6-8-13-26/h6-9,11-14,16-19,21-22,28H,10,15,20,23H2,1-5H3/t28-/m1/s1. The number of benzene rings is 3. The Bertz CT molecular complexity index is 1910. The SMILES string of the molecule is Cc1cccc2ccnc(N(C(=O)c3ccc(-c4cnn(C)c4-c4ccccc4)cc3F)[C@@H]3CCCN(C(=O)OC(C)(C)C)C3)c12. The van der Waals surface area contributed by atoms with Crippen LogP contribution in [0.1, 0.15) is 49.5 Å². The van der Waals surface area contributed by atoms with Crippen LogP contribution in [0.25, 0.3) is 33.2 Å². The van der Waals surface area contributed by atoms with Crippen LogP contribution in [0.2, 0.25) is 0 Å². The Labute approximate surface area is 268 Å². The highest BCUT2D eigenvalue weighted by atomic mass is 19.1. The van der Waals surface area contributed by atoms with Crippen LogP contribution in [-0.2, 0) is 11.8 Å². The topological polar surface area (TPSA) is 80.6 Å². The fraction of sp³-hybridized carbons (Fsp3) is 0.297. The predicted octanol–water partition coefficient (Wildman–Crippen LogP) is 7.80. The number of carbonyl (C=O) groups is 2. The van der Waals surface area contributed by atoms with E-state index in [9.17, 15) is 9.59 Å². The molecule has 0 aliphatic carbocycles. The van der Waals surface area contributed by atoms with Gasteiger partial charge in [-0.1, -0.05) is 54.6 Å². The van der Waals surface area contributed by atoms with Gasteiger partial charge < -0.3 is 9.64 Å². The molecule has 0 N–H and O–H groups in total. The molecule has 5 aromatic rings. The van der Waals surface area contributed by atoms with E-state index in [4.69, 9.17) is 9.72 Å². The number of likely N-dealkylation sites (tertiary alicyclic amines) is 1. The van der Waals surface area contributed by atoms with E-state index < -0.39 is 29.5 Å². The molecule has 0 bridgehead atoms. The molecule has 46 heavy (non-hydrogen) atoms. The van der Waals surface area contributed by atoms with E-state index in [2.05, 4.69) is 5.10 Å². The number of hydrogen-bond acceptors (Lipinski definition) is 5. The minimum atomic E-state index is -0.659. The van der Waals surface area contributed by atoms with Gasteiger partial charge >= 0.3 is 6.09 Å². The maximum Gasteiger partial charge on any atom is 0.410 e. The zero-order valence-corrected chi connectivity index (χ0v) is 26.8. The van der Waals surface area contributed by atoms with Gasteiger partial charge in [-0.2, -0.15) is 5.10 Å². The third-order valence-electron chi connectivity index (χ3n) is 8.34. The molecule has 1 atom stereocenters. The van der Waals surface area contributed by atoms with E-state index in [0.29, 0.717) is 30.8 Å². The number of pyridine rings is 1. The van der Waals surface area contributed by atoms with E-state index in [-0.39, 0.29) is 12.1 Å². The van der Waals surface area contributed by atoms with Gasteiger partial charge in [0.05, 0.1) is 23.5 Å². The molecule has 0 spiro atoms. The Balaban J connectivity index is 1.41. The summed E-state index contributed by atoms with van der Waals surface area (Å²) in [7, 11) is 1.85. The average Bonchev–Trinajstić information content (AvgIpc) is 3.42. The minimum Gasteiger partial charge on any atom is -0.444 e. The summed E-state index contributed by atoms with van der Waals surface area (Å²) in [5.74, 6) is -0.719. The van der Waals surface area contributed by atoms with Crippen molar-refractivity contribution in [1.29, 1.82) is 0 Å². The second kappa shape index (κ2) is 12.4. The van der Waals surface area contributed by atoms with E-state index in [0.717, 1.165) is 33.2 Å². The summed E-state index contributed by atoms with van der Waals surface area (Å²) in [5.41, 5.74) is 3.38. The van der Waals surface area contributed by atoms with Gasteiger partial charge in [0.25, 0.3) is 5.91 Å². The lowest BCUT2D eigenvalue weighted by atomic mass is 9.98. The van der Waals surface area contributed by atoms with Gasteiger partial charge in [0, 0.05) is 42.8 Å². The third-order valence-corrected chi connectivity index (χ3v) is 8.34. The zero-order chi connectivity index (χ0) is 32.6. The van der Waals surface area contributed by atoms with Crippen LogP contribution >= 0.6 is 0 Å². The van der Waals surface area contributed by atoms with Gasteiger partial charge in [0.1, 0.15) is 17.2 Å². The largest absolute Gasteiger partial charge is 0.444 e. The molecule has 2 aromatic heterocycles. The van der Waals surface area contributed by atoms with Gasteiger partial charge in [-0.3, -0.25) is 14.4 Å². The molecule has 0 unspecified atom stereocenters. The summed E-state index contributed by atoms with van der Waals surface area (Å²) in [6.45, 7) is 8.19. The molecule has 236 valence electrons. The summed E-state index contributed by atoms with van der Waals surface area (Å²) < 4.78 is 23.6. The Morgan fingerprint density at radius 3 is 2.52 bits per heavy atom. The van der Waals surface area contributed by atoms with E-state index in [1.807, 2.05) is 89.3 Å². The lowest BCUT2D eigenvalue weighted by molar-refractivity contribution is 0.0196. The van der Waals surface area contributed by atoms with Crippen LogP contribution in [0.3, 0.4) is 0 Å². The molecule has 1 saturated heterocycles. The lowest BCUT2D eigenvalue weighted by Gasteiger charge is -2.39. The van der Waals surface area contributed by atoms with Crippen molar-refractivity contribution >= 4 is 28.6 Å². The number of piperidine rings is 1. The third kappa shape index (κ3) is 6.09. The van der Waals surface area contributed by atoms with Crippen molar-refractivity contribution in [2.24, 2.45) is 7.05 Å². The molecule has 8 nitrogen and oxygen atoms in total. The molecule has 3 heterocycles. The van der Waals surface area contributed by atoms with Gasteiger partial charge in [-0.05, 0) is 75.2 Å². The number of ether oxygens (including phenoxy) is 1. The number of anilines is 1. The lowest BCUT2D eigenvalue weighted by Crippen LogP contribution is -2.53. The minimum absolute atomic E-state index is 0.0734. The zero-order valence-electron chi connectivity index (χ0n) is 26.8. The number of fused-ring (bicyclic) bond motifs is 1. The number of nitrogens with zero attached hydrogens (tertiary/aromatic N) is 5. The molecule has 1 fully saturated rings. The van der Waals surface area contributed by atoms with Gasteiger partial charge in [-0.15, -0.1) is 0 Å². The molecule has 0 saturated carbocycles. The molecular weight excluding hydrogens is 581 g/mol. The normalized spacial score (nSPS) is 15.2. The number of amides is 2. The van der Waals surface area contributed by atoms with Gasteiger partial charge in [0.2, 0.25) is 0 Å². The molecular formula is C37H38FN5O3. The Morgan fingerprint density at radius 1 is 1.00 bits per heavy atom. The summed E-state index contributed by atoms with van der Waals surface area (Å²) in [5, 5.41) is 6.17. The second-order valence-corrected chi connectivity index (χ2v) is 12.8. The molecule has 1 aliphatic heterocycles. The number of carbonyl (C=O) groups excluding carboxylic acids is 2. The summed E-state index contributed by atoms with van der Waals surface area (Å²) in [4.78, 5) is 35.6. The predicted molar refractivity (Wildman–Crippen MR) is 178 cm³/mol. The second-order valence-electron chi connectivity index (χ2n) is 12.8. The van der Waals surface area contributed by atoms with Crippen LogP contribution in [-0.4, -0.2) is 56.4 Å². The maximum atomic E-state index is 16.2. The van der Waals surface area contributed by atoms with E-state index in [1.165, 1.54) is 12.1 Å². The summed E-state index contributed by atoms with van der Waals surface area (Å²) >= 11 is 0. The number of aryl methyl sites for hydroxylation is 2. The number of aromatic nitrogens is 3. The van der Waals surface area contributed by atoms with Crippen LogP contribution in [0, 0.1) is 12.7 Å². The molecule has 3 aromatic carbocycles. The molecule has 6 rings (SSSR count). The highest BCUT2D eigenvalue weighted by Gasteiger charge is 2.36. The van der Waals surface area contributed by atoms with Crippen LogP contribution < -0.4 is 4.90 Å². The van der Waals surface area contributed by atoms with Gasteiger partial charge in [-0.25, -0.2) is 14.2 Å². The number of rotatable bonds is 5. The highest BCUT2D eigenvalue weighted by molar-refractivity contribution is 6.11. The average molecular weight is 620 g/mol. The van der Waals surface area contributed by atoms with Crippen LogP contribution in [0.5, 0.6) is 0 Å². The fourth-order valence-corrected chi connectivity index (χ4v) is 6.24. The van der Waals surface area contributed by atoms with Crippen molar-refractivity contribution in [1.82, 2.24) is 19.7 Å². The molecule has 1 aliphatic rings. The quantitative estimate of drug-likeness (QED) is 0.201. The van der Waals surface area contributed by atoms with E-state index in [1.54, 1.807) is 32.9 Å². The van der Waals surface area contributed by atoms with E-state index >= 15 is 4.39 Å². The van der Waals surface area contributed by atoms with Gasteiger partial charge in [0.15, 0.2) is 0 Å². The van der Waals surface area contributed by atoms with Crippen molar-refractivity contribution in [2.75, 3.05) is 18.0 Å².